The summed E-state index contributed by atoms with van der Waals surface area (Å²) in [6, 6.07) is 49.8. The first-order valence-corrected chi connectivity index (χ1v) is 18.4. The average molecular weight is 675 g/mol. The van der Waals surface area contributed by atoms with Gasteiger partial charge < -0.3 is 14.5 Å². The number of aromatic nitrogens is 2. The summed E-state index contributed by atoms with van der Waals surface area (Å²) in [5.74, 6) is 1.33. The molecule has 0 bridgehead atoms. The van der Waals surface area contributed by atoms with Crippen molar-refractivity contribution in [2.75, 3.05) is 9.80 Å². The summed E-state index contributed by atoms with van der Waals surface area (Å²) in [6.45, 7) is 4.42. The van der Waals surface area contributed by atoms with Gasteiger partial charge in [0.25, 0.3) is 6.71 Å². The molecule has 7 aromatic rings. The predicted octanol–water partition coefficient (Wildman–Crippen LogP) is 9.92. The minimum atomic E-state index is -0.0580. The molecule has 2 aromatic heterocycles. The Hall–Kier alpha value is -6.14. The van der Waals surface area contributed by atoms with Crippen molar-refractivity contribution < 1.29 is 4.74 Å². The van der Waals surface area contributed by atoms with Gasteiger partial charge >= 0.3 is 0 Å². The SMILES string of the molecule is CCCc1cnc(-c2ccc3c(c2)B2c4cc(Oc5ccccn5)ccc4N(c4ccccc4)c4cccc(c42)N3c2ccccc2)c(CCC)c1. The summed E-state index contributed by atoms with van der Waals surface area (Å²) >= 11 is 0. The van der Waals surface area contributed by atoms with Gasteiger partial charge in [0, 0.05) is 58.1 Å². The summed E-state index contributed by atoms with van der Waals surface area (Å²) < 4.78 is 6.41. The Bertz CT molecular complexity index is 2370. The van der Waals surface area contributed by atoms with Crippen molar-refractivity contribution in [2.24, 2.45) is 0 Å². The van der Waals surface area contributed by atoms with E-state index >= 15 is 0 Å². The standard InChI is InChI=1S/C46H39BN4O/c1-3-14-32-28-33(15-4-2)46(49-31-32)34-23-25-40-38(29-34)47-39-30-37(52-44-22-11-12-27-48-44)24-26-41(39)51(36-18-9-6-10-19-36)43-21-13-20-42(45(43)47)50(40)35-16-7-5-8-17-35/h5-13,16-31H,3-4,14-15H2,1-2H3. The number of pyridine rings is 2. The van der Waals surface area contributed by atoms with Gasteiger partial charge in [0.15, 0.2) is 0 Å². The summed E-state index contributed by atoms with van der Waals surface area (Å²) in [5, 5.41) is 0. The molecule has 0 spiro atoms. The number of aryl methyl sites for hydroxylation is 2. The summed E-state index contributed by atoms with van der Waals surface area (Å²) in [4.78, 5) is 14.5. The highest BCUT2D eigenvalue weighted by atomic mass is 16.5. The number of hydrogen-bond acceptors (Lipinski definition) is 5. The summed E-state index contributed by atoms with van der Waals surface area (Å²) in [5.41, 5.74) is 15.4. The second kappa shape index (κ2) is 13.5. The summed E-state index contributed by atoms with van der Waals surface area (Å²) in [7, 11) is 0. The maximum Gasteiger partial charge on any atom is 0.252 e. The third kappa shape index (κ3) is 5.52. The average Bonchev–Trinajstić information content (AvgIpc) is 3.19. The molecule has 5 nitrogen and oxygen atoms in total. The van der Waals surface area contributed by atoms with Crippen LogP contribution in [0.25, 0.3) is 11.3 Å². The van der Waals surface area contributed by atoms with Gasteiger partial charge in [-0.2, -0.15) is 0 Å². The molecule has 0 saturated heterocycles. The van der Waals surface area contributed by atoms with Crippen molar-refractivity contribution in [3.8, 4) is 22.9 Å². The first kappa shape index (κ1) is 31.8. The van der Waals surface area contributed by atoms with Gasteiger partial charge in [0.05, 0.1) is 5.69 Å². The number of nitrogens with zero attached hydrogens (tertiary/aromatic N) is 4. The zero-order valence-electron chi connectivity index (χ0n) is 29.5. The lowest BCUT2D eigenvalue weighted by Crippen LogP contribution is -2.61. The molecule has 2 aliphatic rings. The topological polar surface area (TPSA) is 41.5 Å². The number of anilines is 6. The lowest BCUT2D eigenvalue weighted by atomic mass is 9.33. The molecule has 0 atom stereocenters. The largest absolute Gasteiger partial charge is 0.439 e. The van der Waals surface area contributed by atoms with Crippen LogP contribution in [0, 0.1) is 0 Å². The van der Waals surface area contributed by atoms with Crippen molar-refractivity contribution in [3.63, 3.8) is 0 Å². The van der Waals surface area contributed by atoms with Gasteiger partial charge in [-0.25, -0.2) is 4.98 Å². The number of benzene rings is 5. The third-order valence-corrected chi connectivity index (χ3v) is 10.2. The molecule has 5 aromatic carbocycles. The van der Waals surface area contributed by atoms with E-state index < -0.39 is 0 Å². The highest BCUT2D eigenvalue weighted by Gasteiger charge is 2.43. The lowest BCUT2D eigenvalue weighted by Gasteiger charge is -2.44. The van der Waals surface area contributed by atoms with E-state index in [1.54, 1.807) is 6.20 Å². The van der Waals surface area contributed by atoms with E-state index in [-0.39, 0.29) is 6.71 Å². The molecule has 52 heavy (non-hydrogen) atoms. The minimum absolute atomic E-state index is 0.0580. The van der Waals surface area contributed by atoms with E-state index in [0.717, 1.165) is 59.8 Å². The Morgan fingerprint density at radius 2 is 1.23 bits per heavy atom. The van der Waals surface area contributed by atoms with Crippen LogP contribution in [-0.4, -0.2) is 16.7 Å². The number of ether oxygens (including phenoxy) is 1. The molecule has 4 heterocycles. The fourth-order valence-electron chi connectivity index (χ4n) is 8.08. The fraction of sp³-hybridized carbons (Fsp3) is 0.130. The van der Waals surface area contributed by atoms with Crippen LogP contribution in [0.1, 0.15) is 37.8 Å². The van der Waals surface area contributed by atoms with Crippen LogP contribution < -0.4 is 30.9 Å². The van der Waals surface area contributed by atoms with Crippen molar-refractivity contribution in [3.05, 3.63) is 163 Å². The Balaban J connectivity index is 1.31. The Morgan fingerprint density at radius 1 is 0.577 bits per heavy atom. The molecule has 252 valence electrons. The number of rotatable bonds is 9. The van der Waals surface area contributed by atoms with Crippen molar-refractivity contribution >= 4 is 57.2 Å². The quantitative estimate of drug-likeness (QED) is 0.143. The molecular weight excluding hydrogens is 635 g/mol. The molecule has 0 unspecified atom stereocenters. The zero-order chi connectivity index (χ0) is 35.0. The minimum Gasteiger partial charge on any atom is -0.439 e. The zero-order valence-corrected chi connectivity index (χ0v) is 29.5. The van der Waals surface area contributed by atoms with E-state index in [0.29, 0.717) is 5.88 Å². The van der Waals surface area contributed by atoms with Crippen LogP contribution >= 0.6 is 0 Å². The van der Waals surface area contributed by atoms with Gasteiger partial charge in [-0.3, -0.25) is 4.98 Å². The van der Waals surface area contributed by atoms with E-state index in [2.05, 4.69) is 156 Å². The maximum atomic E-state index is 6.41. The molecule has 6 heteroatoms. The Kier molecular flexibility index (Phi) is 8.28. The molecule has 0 saturated carbocycles. The molecule has 9 rings (SSSR count). The second-order valence-corrected chi connectivity index (χ2v) is 13.6. The number of para-hydroxylation sites is 2. The van der Waals surface area contributed by atoms with Crippen LogP contribution in [0.2, 0.25) is 0 Å². The van der Waals surface area contributed by atoms with Gasteiger partial charge in [-0.15, -0.1) is 0 Å². The monoisotopic (exact) mass is 674 g/mol. The van der Waals surface area contributed by atoms with Crippen LogP contribution in [0.3, 0.4) is 0 Å². The van der Waals surface area contributed by atoms with Crippen LogP contribution in [0.15, 0.2) is 152 Å². The predicted molar refractivity (Wildman–Crippen MR) is 216 cm³/mol. The second-order valence-electron chi connectivity index (χ2n) is 13.6. The lowest BCUT2D eigenvalue weighted by molar-refractivity contribution is 0.463. The Morgan fingerprint density at radius 3 is 1.88 bits per heavy atom. The first-order chi connectivity index (χ1) is 25.7. The molecule has 0 aliphatic carbocycles. The van der Waals surface area contributed by atoms with Gasteiger partial charge in [-0.05, 0) is 107 Å². The van der Waals surface area contributed by atoms with Crippen LogP contribution in [0.5, 0.6) is 11.6 Å². The van der Waals surface area contributed by atoms with Crippen LogP contribution in [0.4, 0.5) is 34.1 Å². The van der Waals surface area contributed by atoms with E-state index in [9.17, 15) is 0 Å². The van der Waals surface area contributed by atoms with Crippen molar-refractivity contribution in [1.29, 1.82) is 0 Å². The maximum absolute atomic E-state index is 6.41. The first-order valence-electron chi connectivity index (χ1n) is 18.4. The van der Waals surface area contributed by atoms with Crippen molar-refractivity contribution in [2.45, 2.75) is 39.5 Å². The van der Waals surface area contributed by atoms with Gasteiger partial charge in [0.1, 0.15) is 5.75 Å². The molecule has 2 aliphatic heterocycles. The highest BCUT2D eigenvalue weighted by molar-refractivity contribution is 7.00. The Labute approximate surface area is 306 Å². The normalized spacial score (nSPS) is 12.6. The molecular formula is C46H39BN4O. The molecule has 0 N–H and O–H groups in total. The number of fused-ring (bicyclic) bond motifs is 4. The van der Waals surface area contributed by atoms with E-state index in [1.807, 2.05) is 18.2 Å². The number of hydrogen-bond donors (Lipinski definition) is 0. The molecule has 0 fully saturated rings. The van der Waals surface area contributed by atoms with Crippen LogP contribution in [-0.2, 0) is 12.8 Å². The van der Waals surface area contributed by atoms with E-state index in [1.165, 1.54) is 44.6 Å². The van der Waals surface area contributed by atoms with Gasteiger partial charge in [0.2, 0.25) is 5.88 Å². The smallest absolute Gasteiger partial charge is 0.252 e. The fourth-order valence-corrected chi connectivity index (χ4v) is 8.08. The molecule has 0 amide bonds. The van der Waals surface area contributed by atoms with Crippen molar-refractivity contribution in [1.82, 2.24) is 9.97 Å². The van der Waals surface area contributed by atoms with Gasteiger partial charge in [-0.1, -0.05) is 93.4 Å². The van der Waals surface area contributed by atoms with E-state index in [4.69, 9.17) is 9.72 Å². The summed E-state index contributed by atoms with van der Waals surface area (Å²) in [6.07, 6.45) is 8.05. The third-order valence-electron chi connectivity index (χ3n) is 10.2. The molecule has 0 radical (unpaired) electrons. The highest BCUT2D eigenvalue weighted by Crippen LogP contribution is 2.44.